The Morgan fingerprint density at radius 1 is 0.783 bits per heavy atom. The van der Waals surface area contributed by atoms with Gasteiger partial charge < -0.3 is 9.47 Å². The van der Waals surface area contributed by atoms with Gasteiger partial charge in [0.05, 0.1) is 10.9 Å². The molecule has 0 unspecified atom stereocenters. The molecule has 0 aliphatic heterocycles. The second-order valence-electron chi connectivity index (χ2n) is 10.3. The van der Waals surface area contributed by atoms with Crippen molar-refractivity contribution in [3.63, 3.8) is 0 Å². The van der Waals surface area contributed by atoms with Gasteiger partial charge in [0.2, 0.25) is 5.88 Å². The van der Waals surface area contributed by atoms with E-state index in [0.29, 0.717) is 11.6 Å². The molecule has 46 heavy (non-hydrogen) atoms. The van der Waals surface area contributed by atoms with Crippen LogP contribution in [0.15, 0.2) is 115 Å². The van der Waals surface area contributed by atoms with Crippen LogP contribution in [-0.2, 0) is 10.2 Å². The molecule has 1 heterocycles. The quantitative estimate of drug-likeness (QED) is 0.0985. The molecule has 0 bridgehead atoms. The Bertz CT molecular complexity index is 1910. The van der Waals surface area contributed by atoms with Crippen LogP contribution in [0.25, 0.3) is 28.1 Å². The van der Waals surface area contributed by atoms with E-state index in [4.69, 9.17) is 27.3 Å². The van der Waals surface area contributed by atoms with E-state index in [2.05, 4.69) is 110 Å². The summed E-state index contributed by atoms with van der Waals surface area (Å²) >= 11 is 0. The maximum atomic E-state index is 5.58. The van der Waals surface area contributed by atoms with Gasteiger partial charge in [-0.05, 0) is 81.8 Å². The van der Waals surface area contributed by atoms with Crippen LogP contribution in [0.3, 0.4) is 0 Å². The first-order valence-corrected chi connectivity index (χ1v) is 15.8. The molecule has 0 fully saturated rings. The molecule has 0 saturated heterocycles. The number of fused-ring (bicyclic) bond motifs is 4. The van der Waals surface area contributed by atoms with Gasteiger partial charge in [-0.15, -0.1) is 12.8 Å². The van der Waals surface area contributed by atoms with E-state index >= 15 is 0 Å². The van der Waals surface area contributed by atoms with Crippen LogP contribution in [-0.4, -0.2) is 18.2 Å². The lowest BCUT2D eigenvalue weighted by atomic mass is 9.67. The molecule has 3 heteroatoms. The highest BCUT2D eigenvalue weighted by Crippen LogP contribution is 2.56. The summed E-state index contributed by atoms with van der Waals surface area (Å²) in [5, 5.41) is 1.02. The highest BCUT2D eigenvalue weighted by molar-refractivity contribution is 5.88. The van der Waals surface area contributed by atoms with Crippen LogP contribution < -0.4 is 4.74 Å². The minimum atomic E-state index is -0.548. The van der Waals surface area contributed by atoms with E-state index < -0.39 is 5.41 Å². The van der Waals surface area contributed by atoms with Gasteiger partial charge in [-0.2, -0.15) is 0 Å². The number of benzene rings is 4. The molecule has 0 atom stereocenters. The number of allylic oxidation sites excluding steroid dienone is 1. The topological polar surface area (TPSA) is 31.4 Å². The summed E-state index contributed by atoms with van der Waals surface area (Å²) in [5.41, 5.74) is 9.81. The molecule has 230 valence electrons. The number of terminal acetylenes is 2. The first-order valence-electron chi connectivity index (χ1n) is 15.8. The van der Waals surface area contributed by atoms with Gasteiger partial charge in [-0.3, -0.25) is 0 Å². The predicted molar refractivity (Wildman–Crippen MR) is 194 cm³/mol. The lowest BCUT2D eigenvalue weighted by Gasteiger charge is -2.34. The molecule has 3 nitrogen and oxygen atoms in total. The zero-order chi connectivity index (χ0) is 33.1. The number of hydrogen-bond acceptors (Lipinski definition) is 3. The van der Waals surface area contributed by atoms with E-state index in [-0.39, 0.29) is 13.2 Å². The maximum Gasteiger partial charge on any atom is 0.214 e. The van der Waals surface area contributed by atoms with E-state index in [1.807, 2.05) is 52.0 Å². The molecule has 1 aliphatic carbocycles. The highest BCUT2D eigenvalue weighted by Gasteiger charge is 2.46. The van der Waals surface area contributed by atoms with Gasteiger partial charge in [0.15, 0.2) is 6.61 Å². The Morgan fingerprint density at radius 3 is 2.04 bits per heavy atom. The second-order valence-corrected chi connectivity index (χ2v) is 10.3. The van der Waals surface area contributed by atoms with Crippen molar-refractivity contribution in [2.75, 3.05) is 13.2 Å². The van der Waals surface area contributed by atoms with E-state index in [9.17, 15) is 0 Å². The SMILES string of the molecule is C#CCOC(=C)/C=C\c1cc(C2(c3ccc4nc(OCC#C)ccc4c3)c3ccccc3-c3ccccc32)ccc1C.CC.CC. The van der Waals surface area contributed by atoms with Crippen molar-refractivity contribution in [3.8, 4) is 41.7 Å². The van der Waals surface area contributed by atoms with Crippen LogP contribution in [0.1, 0.15) is 61.1 Å². The van der Waals surface area contributed by atoms with Gasteiger partial charge in [0, 0.05) is 11.5 Å². The summed E-state index contributed by atoms with van der Waals surface area (Å²) in [7, 11) is 0. The van der Waals surface area contributed by atoms with E-state index in [1.165, 1.54) is 27.8 Å². The monoisotopic (exact) mass is 603 g/mol. The number of nitrogens with zero attached hydrogens (tertiary/aromatic N) is 1. The first kappa shape index (κ1) is 33.4. The molecule has 0 amide bonds. The van der Waals surface area contributed by atoms with Crippen molar-refractivity contribution in [3.05, 3.63) is 149 Å². The fourth-order valence-corrected chi connectivity index (χ4v) is 5.98. The fraction of sp³-hybridized carbons (Fsp3) is 0.186. The number of aromatic nitrogens is 1. The van der Waals surface area contributed by atoms with Crippen molar-refractivity contribution >= 4 is 17.0 Å². The van der Waals surface area contributed by atoms with Crippen molar-refractivity contribution in [2.45, 2.75) is 40.0 Å². The fourth-order valence-electron chi connectivity index (χ4n) is 5.98. The van der Waals surface area contributed by atoms with Crippen molar-refractivity contribution in [2.24, 2.45) is 0 Å². The molecule has 1 aromatic heterocycles. The number of rotatable bonds is 8. The number of aryl methyl sites for hydroxylation is 1. The lowest BCUT2D eigenvalue weighted by Crippen LogP contribution is -2.28. The molecular weight excluding hydrogens is 562 g/mol. The van der Waals surface area contributed by atoms with E-state index in [0.717, 1.165) is 27.6 Å². The third-order valence-electron chi connectivity index (χ3n) is 7.85. The molecule has 4 aromatic carbocycles. The molecule has 0 spiro atoms. The van der Waals surface area contributed by atoms with Crippen LogP contribution in [0.4, 0.5) is 0 Å². The Hall–Kier alpha value is -5.51. The minimum absolute atomic E-state index is 0.181. The first-order chi connectivity index (χ1) is 22.6. The Labute approximate surface area is 274 Å². The molecule has 1 aliphatic rings. The number of pyridine rings is 1. The summed E-state index contributed by atoms with van der Waals surface area (Å²) in [4.78, 5) is 4.69. The summed E-state index contributed by atoms with van der Waals surface area (Å²) < 4.78 is 11.1. The predicted octanol–water partition coefficient (Wildman–Crippen LogP) is 10.1. The average Bonchev–Trinajstić information content (AvgIpc) is 3.42. The van der Waals surface area contributed by atoms with Gasteiger partial charge in [-0.25, -0.2) is 4.98 Å². The Balaban J connectivity index is 0.00000116. The summed E-state index contributed by atoms with van der Waals surface area (Å²) in [6.07, 6.45) is 14.6. The van der Waals surface area contributed by atoms with Crippen LogP contribution in [0, 0.1) is 31.6 Å². The van der Waals surface area contributed by atoms with Gasteiger partial charge in [0.1, 0.15) is 12.4 Å². The molecule has 0 radical (unpaired) electrons. The standard InChI is InChI=1S/C39H29NO2.2C2H6/c1-5-23-41-28(4)16-17-29-25-31(19-15-27(29)3)39(35-13-9-7-11-33(35)34-12-8-10-14-36(34)39)32-20-21-37-30(26-32)18-22-38(40-37)42-24-6-2;2*1-2/h1-2,7-22,25-26H,4,23-24H2,3H3;2*1-2H3/b17-16-;;. The third kappa shape index (κ3) is 6.32. The van der Waals surface area contributed by atoms with Gasteiger partial charge in [0.25, 0.3) is 0 Å². The van der Waals surface area contributed by atoms with Gasteiger partial charge in [-0.1, -0.05) is 119 Å². The second kappa shape index (κ2) is 15.5. The highest BCUT2D eigenvalue weighted by atomic mass is 16.5. The molecule has 5 aromatic rings. The number of hydrogen-bond donors (Lipinski definition) is 0. The molecular formula is C43H41NO2. The Morgan fingerprint density at radius 2 is 1.39 bits per heavy atom. The summed E-state index contributed by atoms with van der Waals surface area (Å²) in [5.74, 6) is 6.02. The zero-order valence-corrected chi connectivity index (χ0v) is 27.4. The Kier molecular flexibility index (Phi) is 11.2. The van der Waals surface area contributed by atoms with Crippen molar-refractivity contribution < 1.29 is 9.47 Å². The third-order valence-corrected chi connectivity index (χ3v) is 7.85. The molecule has 0 saturated carbocycles. The zero-order valence-electron chi connectivity index (χ0n) is 27.4. The van der Waals surface area contributed by atoms with Crippen LogP contribution in [0.2, 0.25) is 0 Å². The molecule has 6 rings (SSSR count). The normalized spacial score (nSPS) is 11.9. The smallest absolute Gasteiger partial charge is 0.214 e. The molecule has 0 N–H and O–H groups in total. The van der Waals surface area contributed by atoms with Crippen molar-refractivity contribution in [1.82, 2.24) is 4.98 Å². The minimum Gasteiger partial charge on any atom is -0.482 e. The lowest BCUT2D eigenvalue weighted by molar-refractivity contribution is 0.270. The van der Waals surface area contributed by atoms with Gasteiger partial charge >= 0.3 is 0 Å². The number of ether oxygens (including phenoxy) is 2. The maximum absolute atomic E-state index is 5.58. The summed E-state index contributed by atoms with van der Waals surface area (Å²) in [6, 6.07) is 34.5. The van der Waals surface area contributed by atoms with Crippen LogP contribution >= 0.6 is 0 Å². The van der Waals surface area contributed by atoms with E-state index in [1.54, 1.807) is 0 Å². The van der Waals surface area contributed by atoms with Crippen molar-refractivity contribution in [1.29, 1.82) is 0 Å². The van der Waals surface area contributed by atoms with Crippen LogP contribution in [0.5, 0.6) is 5.88 Å². The average molecular weight is 604 g/mol. The summed E-state index contributed by atoms with van der Waals surface area (Å²) in [6.45, 7) is 14.5. The largest absolute Gasteiger partial charge is 0.482 e.